The summed E-state index contributed by atoms with van der Waals surface area (Å²) in [7, 11) is 1.58. The molecule has 2 aromatic rings. The van der Waals surface area contributed by atoms with E-state index < -0.39 is 0 Å². The third-order valence-corrected chi connectivity index (χ3v) is 3.86. The summed E-state index contributed by atoms with van der Waals surface area (Å²) in [6.45, 7) is 0.0453. The van der Waals surface area contributed by atoms with Crippen molar-refractivity contribution in [3.05, 3.63) is 51.5 Å². The summed E-state index contributed by atoms with van der Waals surface area (Å²) in [4.78, 5) is 11.9. The summed E-state index contributed by atoms with van der Waals surface area (Å²) in [6.07, 6.45) is 0. The summed E-state index contributed by atoms with van der Waals surface area (Å²) in [5, 5.41) is 6.78. The molecular weight excluding hydrogens is 347 g/mol. The first-order valence-corrected chi connectivity index (χ1v) is 7.45. The van der Waals surface area contributed by atoms with E-state index in [4.69, 9.17) is 39.5 Å². The monoisotopic (exact) mass is 358 g/mol. The topological polar surface area (TPSA) is 50.4 Å². The molecule has 0 unspecified atom stereocenters. The summed E-state index contributed by atoms with van der Waals surface area (Å²) in [5.41, 5.74) is 1.22. The van der Waals surface area contributed by atoms with Crippen LogP contribution in [0, 0.1) is 0 Å². The molecule has 2 N–H and O–H groups in total. The van der Waals surface area contributed by atoms with E-state index in [0.717, 1.165) is 5.75 Å². The van der Waals surface area contributed by atoms with Crippen molar-refractivity contribution >= 4 is 52.1 Å². The molecule has 7 heteroatoms. The standard InChI is InChI=1S/C15H13Cl3N2O2/c1-22-10-4-2-9(3-5-10)20-15(21)8-19-14-7-12(17)11(16)6-13(14)18/h2-7,19H,8H2,1H3,(H,20,21). The summed E-state index contributed by atoms with van der Waals surface area (Å²) < 4.78 is 5.05. The lowest BCUT2D eigenvalue weighted by molar-refractivity contribution is -0.114. The number of carbonyl (C=O) groups excluding carboxylic acids is 1. The van der Waals surface area contributed by atoms with E-state index in [0.29, 0.717) is 26.4 Å². The van der Waals surface area contributed by atoms with Crippen molar-refractivity contribution in [2.24, 2.45) is 0 Å². The molecule has 0 aliphatic heterocycles. The molecule has 0 fully saturated rings. The molecule has 2 aromatic carbocycles. The zero-order chi connectivity index (χ0) is 16.1. The van der Waals surface area contributed by atoms with Crippen LogP contribution in [-0.4, -0.2) is 19.6 Å². The van der Waals surface area contributed by atoms with Gasteiger partial charge in [-0.25, -0.2) is 0 Å². The Morgan fingerprint density at radius 1 is 1.05 bits per heavy atom. The predicted octanol–water partition coefficient (Wildman–Crippen LogP) is 4.71. The third-order valence-electron chi connectivity index (χ3n) is 2.82. The molecule has 116 valence electrons. The number of halogens is 3. The van der Waals surface area contributed by atoms with Crippen molar-refractivity contribution in [1.82, 2.24) is 0 Å². The molecule has 0 spiro atoms. The predicted molar refractivity (Wildman–Crippen MR) is 91.6 cm³/mol. The number of hydrogen-bond acceptors (Lipinski definition) is 3. The van der Waals surface area contributed by atoms with Crippen LogP contribution in [0.4, 0.5) is 11.4 Å². The molecule has 0 bridgehead atoms. The van der Waals surface area contributed by atoms with Crippen LogP contribution in [0.25, 0.3) is 0 Å². The largest absolute Gasteiger partial charge is 0.497 e. The molecule has 0 radical (unpaired) electrons. The van der Waals surface area contributed by atoms with Gasteiger partial charge in [-0.1, -0.05) is 34.8 Å². The Bertz CT molecular complexity index is 675. The van der Waals surface area contributed by atoms with E-state index in [-0.39, 0.29) is 12.5 Å². The van der Waals surface area contributed by atoms with Gasteiger partial charge in [0.2, 0.25) is 5.91 Å². The highest BCUT2D eigenvalue weighted by molar-refractivity contribution is 6.44. The maximum absolute atomic E-state index is 11.9. The third kappa shape index (κ3) is 4.44. The van der Waals surface area contributed by atoms with Crippen LogP contribution in [0.3, 0.4) is 0 Å². The summed E-state index contributed by atoms with van der Waals surface area (Å²) in [6, 6.07) is 10.1. The van der Waals surface area contributed by atoms with Crippen molar-refractivity contribution in [3.63, 3.8) is 0 Å². The van der Waals surface area contributed by atoms with E-state index in [1.165, 1.54) is 6.07 Å². The normalized spacial score (nSPS) is 10.2. The Balaban J connectivity index is 1.93. The quantitative estimate of drug-likeness (QED) is 0.760. The number of anilines is 2. The molecular formula is C15H13Cl3N2O2. The smallest absolute Gasteiger partial charge is 0.243 e. The number of methoxy groups -OCH3 is 1. The van der Waals surface area contributed by atoms with Crippen molar-refractivity contribution in [1.29, 1.82) is 0 Å². The van der Waals surface area contributed by atoms with Crippen molar-refractivity contribution < 1.29 is 9.53 Å². The lowest BCUT2D eigenvalue weighted by Crippen LogP contribution is -2.21. The zero-order valence-corrected chi connectivity index (χ0v) is 13.9. The van der Waals surface area contributed by atoms with Crippen molar-refractivity contribution in [3.8, 4) is 5.75 Å². The average Bonchev–Trinajstić information content (AvgIpc) is 2.50. The number of benzene rings is 2. The van der Waals surface area contributed by atoms with E-state index in [2.05, 4.69) is 10.6 Å². The van der Waals surface area contributed by atoms with Gasteiger partial charge in [-0.15, -0.1) is 0 Å². The second-order valence-corrected chi connectivity index (χ2v) is 5.60. The highest BCUT2D eigenvalue weighted by Crippen LogP contribution is 2.32. The minimum atomic E-state index is -0.215. The minimum absolute atomic E-state index is 0.0453. The molecule has 0 heterocycles. The van der Waals surface area contributed by atoms with Crippen LogP contribution >= 0.6 is 34.8 Å². The number of carbonyl (C=O) groups is 1. The second-order valence-electron chi connectivity index (χ2n) is 4.38. The lowest BCUT2D eigenvalue weighted by Gasteiger charge is -2.10. The van der Waals surface area contributed by atoms with Gasteiger partial charge in [-0.3, -0.25) is 4.79 Å². The van der Waals surface area contributed by atoms with Gasteiger partial charge in [0, 0.05) is 5.69 Å². The molecule has 0 saturated carbocycles. The Hall–Kier alpha value is -1.62. The number of rotatable bonds is 5. The van der Waals surface area contributed by atoms with Crippen molar-refractivity contribution in [2.45, 2.75) is 0 Å². The Kier molecular flexibility index (Phi) is 5.77. The van der Waals surface area contributed by atoms with Gasteiger partial charge >= 0.3 is 0 Å². The van der Waals surface area contributed by atoms with E-state index >= 15 is 0 Å². The maximum Gasteiger partial charge on any atom is 0.243 e. The van der Waals surface area contributed by atoms with Crippen LogP contribution in [0.5, 0.6) is 5.75 Å². The van der Waals surface area contributed by atoms with Gasteiger partial charge in [-0.05, 0) is 36.4 Å². The van der Waals surface area contributed by atoms with Crippen LogP contribution in [0.2, 0.25) is 15.1 Å². The minimum Gasteiger partial charge on any atom is -0.497 e. The summed E-state index contributed by atoms with van der Waals surface area (Å²) in [5.74, 6) is 0.506. The number of hydrogen-bond donors (Lipinski definition) is 2. The Morgan fingerprint density at radius 3 is 2.32 bits per heavy atom. The fraction of sp³-hybridized carbons (Fsp3) is 0.133. The van der Waals surface area contributed by atoms with Gasteiger partial charge in [0.15, 0.2) is 0 Å². The molecule has 2 rings (SSSR count). The molecule has 22 heavy (non-hydrogen) atoms. The van der Waals surface area contributed by atoms with Crippen molar-refractivity contribution in [2.75, 3.05) is 24.3 Å². The van der Waals surface area contributed by atoms with Crippen LogP contribution in [0.1, 0.15) is 0 Å². The first kappa shape index (κ1) is 16.7. The maximum atomic E-state index is 11.9. The van der Waals surface area contributed by atoms with E-state index in [1.807, 2.05) is 0 Å². The number of nitrogens with one attached hydrogen (secondary N) is 2. The Morgan fingerprint density at radius 2 is 1.68 bits per heavy atom. The number of ether oxygens (including phenoxy) is 1. The van der Waals surface area contributed by atoms with Crippen LogP contribution in [-0.2, 0) is 4.79 Å². The molecule has 1 amide bonds. The molecule has 0 atom stereocenters. The van der Waals surface area contributed by atoms with Gasteiger partial charge < -0.3 is 15.4 Å². The van der Waals surface area contributed by atoms with E-state index in [9.17, 15) is 4.79 Å². The van der Waals surface area contributed by atoms with Gasteiger partial charge in [-0.2, -0.15) is 0 Å². The first-order valence-electron chi connectivity index (χ1n) is 6.32. The molecule has 4 nitrogen and oxygen atoms in total. The van der Waals surface area contributed by atoms with Gasteiger partial charge in [0.05, 0.1) is 34.4 Å². The first-order chi connectivity index (χ1) is 10.5. The highest BCUT2D eigenvalue weighted by Gasteiger charge is 2.08. The molecule has 0 aliphatic carbocycles. The SMILES string of the molecule is COc1ccc(NC(=O)CNc2cc(Cl)c(Cl)cc2Cl)cc1. The molecule has 0 aliphatic rings. The Labute approximate surface area is 143 Å². The second kappa shape index (κ2) is 7.58. The fourth-order valence-electron chi connectivity index (χ4n) is 1.71. The van der Waals surface area contributed by atoms with Crippen LogP contribution < -0.4 is 15.4 Å². The lowest BCUT2D eigenvalue weighted by atomic mass is 10.3. The van der Waals surface area contributed by atoms with Gasteiger partial charge in [0.25, 0.3) is 0 Å². The zero-order valence-electron chi connectivity index (χ0n) is 11.6. The van der Waals surface area contributed by atoms with Gasteiger partial charge in [0.1, 0.15) is 5.75 Å². The highest BCUT2D eigenvalue weighted by atomic mass is 35.5. The summed E-state index contributed by atoms with van der Waals surface area (Å²) >= 11 is 17.8. The number of amides is 1. The van der Waals surface area contributed by atoms with Crippen LogP contribution in [0.15, 0.2) is 36.4 Å². The fourth-order valence-corrected chi connectivity index (χ4v) is 2.33. The molecule has 0 saturated heterocycles. The van der Waals surface area contributed by atoms with E-state index in [1.54, 1.807) is 37.4 Å². The average molecular weight is 360 g/mol. The molecule has 0 aromatic heterocycles.